The Morgan fingerprint density at radius 3 is 2.29 bits per heavy atom. The number of rotatable bonds is 7. The summed E-state index contributed by atoms with van der Waals surface area (Å²) in [6, 6.07) is 7.10. The van der Waals surface area contributed by atoms with E-state index in [1.165, 1.54) is 4.90 Å². The van der Waals surface area contributed by atoms with Crippen LogP contribution in [0.5, 0.6) is 5.75 Å². The second kappa shape index (κ2) is 7.67. The molecule has 0 fully saturated rings. The van der Waals surface area contributed by atoms with Gasteiger partial charge in [0.05, 0.1) is 6.42 Å². The van der Waals surface area contributed by atoms with E-state index in [-0.39, 0.29) is 18.4 Å². The van der Waals surface area contributed by atoms with Crippen LogP contribution < -0.4 is 4.74 Å². The second-order valence-corrected chi connectivity index (χ2v) is 5.14. The minimum absolute atomic E-state index is 0.0726. The van der Waals surface area contributed by atoms with Gasteiger partial charge in [0.15, 0.2) is 6.10 Å². The highest BCUT2D eigenvalue weighted by atomic mass is 16.5. The molecule has 0 bridgehead atoms. The average molecular weight is 293 g/mol. The molecule has 21 heavy (non-hydrogen) atoms. The van der Waals surface area contributed by atoms with Gasteiger partial charge in [0.1, 0.15) is 5.75 Å². The van der Waals surface area contributed by atoms with Gasteiger partial charge < -0.3 is 14.7 Å². The van der Waals surface area contributed by atoms with Crippen molar-refractivity contribution in [3.8, 4) is 5.75 Å². The summed E-state index contributed by atoms with van der Waals surface area (Å²) in [4.78, 5) is 24.7. The van der Waals surface area contributed by atoms with E-state index in [1.54, 1.807) is 13.8 Å². The van der Waals surface area contributed by atoms with E-state index in [0.717, 1.165) is 5.56 Å². The van der Waals surface area contributed by atoms with Crippen molar-refractivity contribution in [1.82, 2.24) is 4.90 Å². The van der Waals surface area contributed by atoms with Crippen LogP contribution in [0.2, 0.25) is 0 Å². The zero-order chi connectivity index (χ0) is 16.0. The molecular weight excluding hydrogens is 270 g/mol. The SMILES string of the molecule is CCN(C(=O)C(C)Oc1ccc(C)cc1)C(C)CC(=O)O. The van der Waals surface area contributed by atoms with Gasteiger partial charge in [0.2, 0.25) is 0 Å². The molecule has 1 amide bonds. The van der Waals surface area contributed by atoms with Crippen molar-refractivity contribution >= 4 is 11.9 Å². The van der Waals surface area contributed by atoms with E-state index in [1.807, 2.05) is 38.1 Å². The number of hydrogen-bond acceptors (Lipinski definition) is 3. The number of hydrogen-bond donors (Lipinski definition) is 1. The number of amides is 1. The van der Waals surface area contributed by atoms with Crippen LogP contribution in [0.4, 0.5) is 0 Å². The monoisotopic (exact) mass is 293 g/mol. The fourth-order valence-electron chi connectivity index (χ4n) is 2.15. The summed E-state index contributed by atoms with van der Waals surface area (Å²) in [5.41, 5.74) is 1.12. The summed E-state index contributed by atoms with van der Waals surface area (Å²) in [5, 5.41) is 8.84. The Hall–Kier alpha value is -2.04. The quantitative estimate of drug-likeness (QED) is 0.838. The number of carboxylic acids is 1. The molecule has 0 aliphatic heterocycles. The molecule has 1 aromatic carbocycles. The fraction of sp³-hybridized carbons (Fsp3) is 0.500. The van der Waals surface area contributed by atoms with E-state index >= 15 is 0 Å². The average Bonchev–Trinajstić information content (AvgIpc) is 2.41. The summed E-state index contributed by atoms with van der Waals surface area (Å²) >= 11 is 0. The molecule has 1 rings (SSSR count). The van der Waals surface area contributed by atoms with Gasteiger partial charge >= 0.3 is 5.97 Å². The Bertz CT molecular complexity index is 484. The molecule has 0 aromatic heterocycles. The maximum absolute atomic E-state index is 12.4. The third-order valence-corrected chi connectivity index (χ3v) is 3.31. The topological polar surface area (TPSA) is 66.8 Å². The van der Waals surface area contributed by atoms with Crippen LogP contribution in [-0.2, 0) is 9.59 Å². The third kappa shape index (κ3) is 5.10. The van der Waals surface area contributed by atoms with Crippen molar-refractivity contribution < 1.29 is 19.4 Å². The van der Waals surface area contributed by atoms with E-state index in [4.69, 9.17) is 9.84 Å². The van der Waals surface area contributed by atoms with Crippen LogP contribution in [0.3, 0.4) is 0 Å². The number of aryl methyl sites for hydroxylation is 1. The van der Waals surface area contributed by atoms with Crippen LogP contribution >= 0.6 is 0 Å². The Labute approximate surface area is 125 Å². The molecule has 0 aliphatic carbocycles. The lowest BCUT2D eigenvalue weighted by atomic mass is 10.2. The molecule has 0 heterocycles. The number of benzene rings is 1. The summed E-state index contributed by atoms with van der Waals surface area (Å²) in [6.07, 6.45) is -0.722. The summed E-state index contributed by atoms with van der Waals surface area (Å²) in [5.74, 6) is -0.490. The summed E-state index contributed by atoms with van der Waals surface area (Å²) in [6.45, 7) is 7.67. The third-order valence-electron chi connectivity index (χ3n) is 3.31. The Balaban J connectivity index is 2.70. The molecule has 0 aliphatic rings. The Kier molecular flexibility index (Phi) is 6.21. The minimum Gasteiger partial charge on any atom is -0.481 e. The number of carbonyl (C=O) groups excluding carboxylic acids is 1. The van der Waals surface area contributed by atoms with E-state index in [0.29, 0.717) is 12.3 Å². The highest BCUT2D eigenvalue weighted by Gasteiger charge is 2.26. The molecule has 5 heteroatoms. The van der Waals surface area contributed by atoms with E-state index < -0.39 is 12.1 Å². The largest absolute Gasteiger partial charge is 0.481 e. The van der Waals surface area contributed by atoms with Crippen molar-refractivity contribution in [3.63, 3.8) is 0 Å². The second-order valence-electron chi connectivity index (χ2n) is 5.14. The number of likely N-dealkylation sites (N-methyl/N-ethyl adjacent to an activating group) is 1. The van der Waals surface area contributed by atoms with Gasteiger partial charge in [-0.05, 0) is 39.8 Å². The van der Waals surface area contributed by atoms with Gasteiger partial charge in [0.25, 0.3) is 5.91 Å². The molecule has 2 unspecified atom stereocenters. The normalized spacial score (nSPS) is 13.3. The molecule has 1 N–H and O–H groups in total. The van der Waals surface area contributed by atoms with Crippen molar-refractivity contribution in [3.05, 3.63) is 29.8 Å². The highest BCUT2D eigenvalue weighted by molar-refractivity contribution is 5.81. The van der Waals surface area contributed by atoms with Gasteiger partial charge in [-0.2, -0.15) is 0 Å². The molecule has 0 radical (unpaired) electrons. The van der Waals surface area contributed by atoms with Gasteiger partial charge in [-0.15, -0.1) is 0 Å². The predicted octanol–water partition coefficient (Wildman–Crippen LogP) is 2.47. The molecule has 0 saturated heterocycles. The number of aliphatic carboxylic acids is 1. The number of carbonyl (C=O) groups is 2. The first-order valence-corrected chi connectivity index (χ1v) is 7.10. The first-order valence-electron chi connectivity index (χ1n) is 7.10. The molecule has 5 nitrogen and oxygen atoms in total. The maximum Gasteiger partial charge on any atom is 0.305 e. The summed E-state index contributed by atoms with van der Waals surface area (Å²) < 4.78 is 5.63. The minimum atomic E-state index is -0.916. The molecule has 1 aromatic rings. The first-order chi connectivity index (χ1) is 9.85. The zero-order valence-electron chi connectivity index (χ0n) is 13.0. The molecule has 0 saturated carbocycles. The maximum atomic E-state index is 12.4. The lowest BCUT2D eigenvalue weighted by Crippen LogP contribution is -2.45. The van der Waals surface area contributed by atoms with Crippen LogP contribution in [-0.4, -0.2) is 40.6 Å². The van der Waals surface area contributed by atoms with Crippen LogP contribution in [0, 0.1) is 6.92 Å². The van der Waals surface area contributed by atoms with Gasteiger partial charge in [-0.1, -0.05) is 17.7 Å². The van der Waals surface area contributed by atoms with E-state index in [9.17, 15) is 9.59 Å². The van der Waals surface area contributed by atoms with Gasteiger partial charge in [-0.25, -0.2) is 0 Å². The molecule has 2 atom stereocenters. The van der Waals surface area contributed by atoms with Crippen LogP contribution in [0.1, 0.15) is 32.8 Å². The molecule has 116 valence electrons. The fourth-order valence-corrected chi connectivity index (χ4v) is 2.15. The molecular formula is C16H23NO4. The van der Waals surface area contributed by atoms with E-state index in [2.05, 4.69) is 0 Å². The van der Waals surface area contributed by atoms with Crippen LogP contribution in [0.15, 0.2) is 24.3 Å². The zero-order valence-corrected chi connectivity index (χ0v) is 13.0. The van der Waals surface area contributed by atoms with Crippen LogP contribution in [0.25, 0.3) is 0 Å². The number of ether oxygens (including phenoxy) is 1. The highest BCUT2D eigenvalue weighted by Crippen LogP contribution is 2.15. The van der Waals surface area contributed by atoms with Crippen molar-refractivity contribution in [2.45, 2.75) is 46.3 Å². The first kappa shape index (κ1) is 17.0. The van der Waals surface area contributed by atoms with Crippen molar-refractivity contribution in [2.24, 2.45) is 0 Å². The molecule has 0 spiro atoms. The lowest BCUT2D eigenvalue weighted by molar-refractivity contribution is -0.143. The Morgan fingerprint density at radius 1 is 1.24 bits per heavy atom. The predicted molar refractivity (Wildman–Crippen MR) is 80.4 cm³/mol. The van der Waals surface area contributed by atoms with Gasteiger partial charge in [0, 0.05) is 12.6 Å². The number of carboxylic acid groups (broad SMARTS) is 1. The number of nitrogens with zero attached hydrogens (tertiary/aromatic N) is 1. The van der Waals surface area contributed by atoms with Gasteiger partial charge in [-0.3, -0.25) is 9.59 Å². The Morgan fingerprint density at radius 2 is 1.81 bits per heavy atom. The van der Waals surface area contributed by atoms with Crippen molar-refractivity contribution in [2.75, 3.05) is 6.54 Å². The lowest BCUT2D eigenvalue weighted by Gasteiger charge is -2.29. The summed E-state index contributed by atoms with van der Waals surface area (Å²) in [7, 11) is 0. The smallest absolute Gasteiger partial charge is 0.305 e. The van der Waals surface area contributed by atoms with Crippen molar-refractivity contribution in [1.29, 1.82) is 0 Å². The standard InChI is InChI=1S/C16H23NO4/c1-5-17(12(3)10-15(18)19)16(20)13(4)21-14-8-6-11(2)7-9-14/h6-9,12-13H,5,10H2,1-4H3,(H,18,19).